The van der Waals surface area contributed by atoms with Crippen molar-refractivity contribution in [3.63, 3.8) is 0 Å². The molecule has 0 unspecified atom stereocenters. The molecule has 1 aliphatic heterocycles. The molecule has 0 radical (unpaired) electrons. The molecule has 0 aromatic rings. The Morgan fingerprint density at radius 3 is 2.35 bits per heavy atom. The van der Waals surface area contributed by atoms with Gasteiger partial charge >= 0.3 is 5.97 Å². The van der Waals surface area contributed by atoms with Crippen LogP contribution in [0.15, 0.2) is 0 Å². The zero-order chi connectivity index (χ0) is 13.3. The van der Waals surface area contributed by atoms with E-state index in [4.69, 9.17) is 5.11 Å². The summed E-state index contributed by atoms with van der Waals surface area (Å²) in [4.78, 5) is 10.8. The third-order valence-corrected chi connectivity index (χ3v) is 5.63. The molecular weight excluding hydrogens is 270 g/mol. The van der Waals surface area contributed by atoms with E-state index >= 15 is 0 Å². The normalized spacial score (nSPS) is 22.8. The molecule has 0 bridgehead atoms. The fourth-order valence-corrected chi connectivity index (χ4v) is 4.97. The Kier molecular flexibility index (Phi) is 4.15. The molecule has 0 saturated carbocycles. The molecule has 0 spiro atoms. The predicted molar refractivity (Wildman–Crippen MR) is 60.9 cm³/mol. The minimum atomic E-state index is -3.81. The van der Waals surface area contributed by atoms with Gasteiger partial charge in [-0.2, -0.15) is 4.31 Å². The number of sulfonamides is 1. The highest BCUT2D eigenvalue weighted by Gasteiger charge is 2.38. The predicted octanol–water partition coefficient (Wildman–Crippen LogP) is -1.09. The number of carbonyl (C=O) groups is 1. The van der Waals surface area contributed by atoms with E-state index in [1.165, 1.54) is 0 Å². The summed E-state index contributed by atoms with van der Waals surface area (Å²) in [5.41, 5.74) is 0. The molecule has 1 saturated heterocycles. The van der Waals surface area contributed by atoms with Crippen LogP contribution in [0.3, 0.4) is 0 Å². The minimum absolute atomic E-state index is 0.142. The average molecular weight is 285 g/mol. The first-order valence-electron chi connectivity index (χ1n) is 5.03. The second kappa shape index (κ2) is 4.91. The summed E-state index contributed by atoms with van der Waals surface area (Å²) in [5, 5.41) is 8.85. The Balaban J connectivity index is 2.80. The fraction of sp³-hybridized carbons (Fsp3) is 0.875. The number of carboxylic acid groups (broad SMARTS) is 1. The summed E-state index contributed by atoms with van der Waals surface area (Å²) in [6.07, 6.45) is 1.70. The van der Waals surface area contributed by atoms with Crippen molar-refractivity contribution in [2.75, 3.05) is 24.3 Å². The minimum Gasteiger partial charge on any atom is -0.480 e. The number of carboxylic acids is 1. The molecule has 1 aliphatic rings. The first kappa shape index (κ1) is 14.4. The number of aliphatic carboxylic acids is 1. The summed E-state index contributed by atoms with van der Waals surface area (Å²) < 4.78 is 46.3. The van der Waals surface area contributed by atoms with Crippen LogP contribution in [-0.2, 0) is 24.7 Å². The Morgan fingerprint density at radius 2 is 1.88 bits per heavy atom. The number of hydrogen-bond donors (Lipinski definition) is 1. The lowest BCUT2D eigenvalue weighted by atomic mass is 10.2. The van der Waals surface area contributed by atoms with Crippen LogP contribution in [0.5, 0.6) is 0 Å². The summed E-state index contributed by atoms with van der Waals surface area (Å²) in [6.45, 7) is 0.142. The Bertz CT molecular complexity index is 494. The van der Waals surface area contributed by atoms with Crippen LogP contribution in [0.4, 0.5) is 0 Å². The van der Waals surface area contributed by atoms with E-state index in [0.717, 1.165) is 10.6 Å². The molecule has 0 aromatic carbocycles. The van der Waals surface area contributed by atoms with Gasteiger partial charge in [0.2, 0.25) is 10.0 Å². The summed E-state index contributed by atoms with van der Waals surface area (Å²) >= 11 is 0. The molecule has 7 nitrogen and oxygen atoms in total. The number of hydrogen-bond acceptors (Lipinski definition) is 5. The van der Waals surface area contributed by atoms with E-state index in [1.807, 2.05) is 0 Å². The highest BCUT2D eigenvalue weighted by molar-refractivity contribution is 7.93. The van der Waals surface area contributed by atoms with Crippen LogP contribution in [-0.4, -0.2) is 62.6 Å². The van der Waals surface area contributed by atoms with Gasteiger partial charge in [-0.15, -0.1) is 0 Å². The van der Waals surface area contributed by atoms with E-state index in [9.17, 15) is 21.6 Å². The van der Waals surface area contributed by atoms with E-state index in [2.05, 4.69) is 0 Å². The Labute approximate surface area is 100 Å². The number of nitrogens with zero attached hydrogens (tertiary/aromatic N) is 1. The Morgan fingerprint density at radius 1 is 1.29 bits per heavy atom. The quantitative estimate of drug-likeness (QED) is 0.687. The first-order chi connectivity index (χ1) is 7.63. The molecule has 0 amide bonds. The molecule has 1 heterocycles. The topological polar surface area (TPSA) is 109 Å². The van der Waals surface area contributed by atoms with Crippen LogP contribution in [0, 0.1) is 0 Å². The molecule has 0 aromatic heterocycles. The zero-order valence-corrected chi connectivity index (χ0v) is 11.0. The van der Waals surface area contributed by atoms with Crippen LogP contribution in [0.1, 0.15) is 12.8 Å². The van der Waals surface area contributed by atoms with E-state index in [1.54, 1.807) is 0 Å². The van der Waals surface area contributed by atoms with E-state index in [0.29, 0.717) is 6.42 Å². The molecule has 100 valence electrons. The van der Waals surface area contributed by atoms with Crippen LogP contribution in [0.25, 0.3) is 0 Å². The molecule has 1 fully saturated rings. The number of sulfone groups is 1. The van der Waals surface area contributed by atoms with Crippen molar-refractivity contribution in [2.24, 2.45) is 0 Å². The second-order valence-electron chi connectivity index (χ2n) is 4.05. The van der Waals surface area contributed by atoms with Gasteiger partial charge in [0, 0.05) is 12.8 Å². The van der Waals surface area contributed by atoms with Gasteiger partial charge in [-0.3, -0.25) is 4.79 Å². The van der Waals surface area contributed by atoms with E-state index < -0.39 is 43.4 Å². The molecule has 1 N–H and O–H groups in total. The van der Waals surface area contributed by atoms with Gasteiger partial charge in [0.05, 0.1) is 11.5 Å². The van der Waals surface area contributed by atoms with Gasteiger partial charge in [0.15, 0.2) is 0 Å². The smallest absolute Gasteiger partial charge is 0.322 e. The monoisotopic (exact) mass is 285 g/mol. The molecule has 9 heteroatoms. The zero-order valence-electron chi connectivity index (χ0n) is 9.37. The molecule has 17 heavy (non-hydrogen) atoms. The third kappa shape index (κ3) is 3.93. The summed E-state index contributed by atoms with van der Waals surface area (Å²) in [6, 6.07) is -1.06. The lowest BCUT2D eigenvalue weighted by molar-refractivity contribution is -0.140. The van der Waals surface area contributed by atoms with Gasteiger partial charge in [-0.05, 0) is 12.8 Å². The lowest BCUT2D eigenvalue weighted by Crippen LogP contribution is -2.42. The number of rotatable bonds is 5. The second-order valence-corrected chi connectivity index (χ2v) is 8.35. The molecule has 0 aliphatic carbocycles. The highest BCUT2D eigenvalue weighted by Crippen LogP contribution is 2.21. The van der Waals surface area contributed by atoms with Crippen molar-refractivity contribution in [1.29, 1.82) is 0 Å². The van der Waals surface area contributed by atoms with Crippen molar-refractivity contribution < 1.29 is 26.7 Å². The molecule has 1 atom stereocenters. The maximum Gasteiger partial charge on any atom is 0.322 e. The van der Waals surface area contributed by atoms with Crippen LogP contribution >= 0.6 is 0 Å². The highest BCUT2D eigenvalue weighted by atomic mass is 32.2. The van der Waals surface area contributed by atoms with Gasteiger partial charge in [-0.25, -0.2) is 16.8 Å². The van der Waals surface area contributed by atoms with Gasteiger partial charge < -0.3 is 5.11 Å². The van der Waals surface area contributed by atoms with E-state index in [-0.39, 0.29) is 13.0 Å². The summed E-state index contributed by atoms with van der Waals surface area (Å²) in [5.74, 6) is -2.24. The summed E-state index contributed by atoms with van der Waals surface area (Å²) in [7, 11) is -7.19. The maximum absolute atomic E-state index is 11.8. The largest absolute Gasteiger partial charge is 0.480 e. The average Bonchev–Trinajstić information content (AvgIpc) is 2.62. The van der Waals surface area contributed by atoms with Crippen molar-refractivity contribution in [2.45, 2.75) is 18.9 Å². The molecular formula is C8H15NO6S2. The fourth-order valence-electron chi connectivity index (χ4n) is 1.69. The van der Waals surface area contributed by atoms with Gasteiger partial charge in [0.1, 0.15) is 15.9 Å². The van der Waals surface area contributed by atoms with Crippen LogP contribution in [0.2, 0.25) is 0 Å². The molecule has 1 rings (SSSR count). The van der Waals surface area contributed by atoms with Crippen molar-refractivity contribution >= 4 is 25.8 Å². The third-order valence-electron chi connectivity index (χ3n) is 2.56. The maximum atomic E-state index is 11.8. The van der Waals surface area contributed by atoms with Gasteiger partial charge in [-0.1, -0.05) is 0 Å². The first-order valence-corrected chi connectivity index (χ1v) is 8.70. The van der Waals surface area contributed by atoms with Crippen LogP contribution < -0.4 is 0 Å². The van der Waals surface area contributed by atoms with Crippen molar-refractivity contribution in [3.8, 4) is 0 Å². The van der Waals surface area contributed by atoms with Crippen molar-refractivity contribution in [1.82, 2.24) is 4.31 Å². The van der Waals surface area contributed by atoms with Gasteiger partial charge in [0.25, 0.3) is 0 Å². The standard InChI is InChI=1S/C8H15NO6S2/c1-16(12,13)5-6-17(14,15)9-4-2-3-7(9)8(10)11/h7H,2-6H2,1H3,(H,10,11)/t7-/m0/s1. The lowest BCUT2D eigenvalue weighted by Gasteiger charge is -2.20. The van der Waals surface area contributed by atoms with Crippen molar-refractivity contribution in [3.05, 3.63) is 0 Å². The Hall–Kier alpha value is -0.670. The SMILES string of the molecule is CS(=O)(=O)CCS(=O)(=O)N1CCC[C@H]1C(=O)O.